The van der Waals surface area contributed by atoms with Crippen molar-refractivity contribution in [2.24, 2.45) is 0 Å². The summed E-state index contributed by atoms with van der Waals surface area (Å²) in [4.78, 5) is 24.1. The Kier molecular flexibility index (Phi) is 4.15. The summed E-state index contributed by atoms with van der Waals surface area (Å²) < 4.78 is 0. The van der Waals surface area contributed by atoms with Gasteiger partial charge in [-0.3, -0.25) is 0 Å². The monoisotopic (exact) mass is 237 g/mol. The lowest BCUT2D eigenvalue weighted by atomic mass is 10.2. The minimum atomic E-state index is -1.02. The van der Waals surface area contributed by atoms with E-state index in [4.69, 9.17) is 5.11 Å². The van der Waals surface area contributed by atoms with Crippen molar-refractivity contribution in [3.63, 3.8) is 0 Å². The van der Waals surface area contributed by atoms with Crippen molar-refractivity contribution in [3.8, 4) is 0 Å². The minimum absolute atomic E-state index is 0.242. The van der Waals surface area contributed by atoms with Crippen molar-refractivity contribution in [1.82, 2.24) is 4.98 Å². The number of anilines is 1. The van der Waals surface area contributed by atoms with Gasteiger partial charge in [-0.1, -0.05) is 6.08 Å². The molecule has 0 amide bonds. The van der Waals surface area contributed by atoms with E-state index in [1.165, 1.54) is 24.4 Å². The van der Waals surface area contributed by atoms with Crippen LogP contribution in [0.1, 0.15) is 6.42 Å². The van der Waals surface area contributed by atoms with Crippen LogP contribution >= 0.6 is 0 Å². The SMILES string of the molecule is C=CCC(Nc1ccc([N+](=O)[O-])nc1)C(=O)O. The average molecular weight is 237 g/mol. The van der Waals surface area contributed by atoms with E-state index >= 15 is 0 Å². The first-order valence-electron chi connectivity index (χ1n) is 4.75. The molecule has 0 radical (unpaired) electrons. The van der Waals surface area contributed by atoms with Crippen LogP contribution in [0.5, 0.6) is 0 Å². The predicted molar refractivity (Wildman–Crippen MR) is 60.8 cm³/mol. The van der Waals surface area contributed by atoms with E-state index in [-0.39, 0.29) is 12.2 Å². The molecule has 2 N–H and O–H groups in total. The van der Waals surface area contributed by atoms with Crippen molar-refractivity contribution < 1.29 is 14.8 Å². The number of nitrogens with zero attached hydrogens (tertiary/aromatic N) is 2. The van der Waals surface area contributed by atoms with Gasteiger partial charge in [-0.15, -0.1) is 6.58 Å². The third-order valence-corrected chi connectivity index (χ3v) is 1.98. The van der Waals surface area contributed by atoms with Gasteiger partial charge in [-0.25, -0.2) is 4.79 Å². The summed E-state index contributed by atoms with van der Waals surface area (Å²) >= 11 is 0. The number of nitro groups is 1. The molecule has 90 valence electrons. The van der Waals surface area contributed by atoms with E-state index < -0.39 is 16.9 Å². The third-order valence-electron chi connectivity index (χ3n) is 1.98. The third kappa shape index (κ3) is 3.56. The molecule has 0 spiro atoms. The first-order chi connectivity index (χ1) is 8.04. The summed E-state index contributed by atoms with van der Waals surface area (Å²) in [7, 11) is 0. The van der Waals surface area contributed by atoms with Crippen LogP contribution in [0, 0.1) is 10.1 Å². The van der Waals surface area contributed by atoms with Crippen molar-refractivity contribution in [2.45, 2.75) is 12.5 Å². The highest BCUT2D eigenvalue weighted by Gasteiger charge is 2.16. The number of carbonyl (C=O) groups is 1. The molecule has 1 aromatic heterocycles. The number of carboxylic acid groups (broad SMARTS) is 1. The fourth-order valence-electron chi connectivity index (χ4n) is 1.17. The molecule has 0 saturated carbocycles. The summed E-state index contributed by atoms with van der Waals surface area (Å²) in [5.74, 6) is -1.31. The second-order valence-electron chi connectivity index (χ2n) is 3.22. The zero-order valence-electron chi connectivity index (χ0n) is 8.87. The maximum absolute atomic E-state index is 10.8. The van der Waals surface area contributed by atoms with Crippen LogP contribution in [0.4, 0.5) is 11.5 Å². The number of carboxylic acids is 1. The lowest BCUT2D eigenvalue weighted by molar-refractivity contribution is -0.389. The van der Waals surface area contributed by atoms with Crippen LogP contribution in [0.25, 0.3) is 0 Å². The van der Waals surface area contributed by atoms with Gasteiger partial charge in [0, 0.05) is 6.07 Å². The number of hydrogen-bond acceptors (Lipinski definition) is 5. The van der Waals surface area contributed by atoms with Crippen LogP contribution in [0.3, 0.4) is 0 Å². The molecule has 0 aromatic carbocycles. The summed E-state index contributed by atoms with van der Waals surface area (Å²) in [6, 6.07) is 1.79. The van der Waals surface area contributed by atoms with E-state index in [0.29, 0.717) is 5.69 Å². The van der Waals surface area contributed by atoms with E-state index in [1.54, 1.807) is 0 Å². The van der Waals surface area contributed by atoms with Gasteiger partial charge in [0.1, 0.15) is 6.04 Å². The molecular formula is C10H11N3O4. The highest BCUT2D eigenvalue weighted by Crippen LogP contribution is 2.13. The maximum Gasteiger partial charge on any atom is 0.363 e. The van der Waals surface area contributed by atoms with Crippen molar-refractivity contribution >= 4 is 17.5 Å². The molecule has 17 heavy (non-hydrogen) atoms. The summed E-state index contributed by atoms with van der Waals surface area (Å²) in [6.45, 7) is 3.45. The highest BCUT2D eigenvalue weighted by atomic mass is 16.6. The molecule has 1 heterocycles. The molecule has 0 fully saturated rings. The van der Waals surface area contributed by atoms with Crippen LogP contribution < -0.4 is 5.32 Å². The Bertz CT molecular complexity index is 430. The van der Waals surface area contributed by atoms with Crippen LogP contribution in [0.2, 0.25) is 0 Å². The predicted octanol–water partition coefficient (Wildman–Crippen LogP) is 1.43. The average Bonchev–Trinajstić information content (AvgIpc) is 2.29. The first kappa shape index (κ1) is 12.6. The first-order valence-corrected chi connectivity index (χ1v) is 4.75. The molecule has 0 aliphatic rings. The van der Waals surface area contributed by atoms with Crippen molar-refractivity contribution in [2.75, 3.05) is 5.32 Å². The Morgan fingerprint density at radius 3 is 2.82 bits per heavy atom. The van der Waals surface area contributed by atoms with E-state index in [2.05, 4.69) is 16.9 Å². The highest BCUT2D eigenvalue weighted by molar-refractivity contribution is 5.77. The smallest absolute Gasteiger partial charge is 0.363 e. The van der Waals surface area contributed by atoms with Gasteiger partial charge >= 0.3 is 11.8 Å². The number of aliphatic carboxylic acids is 1. The maximum atomic E-state index is 10.8. The topological polar surface area (TPSA) is 105 Å². The Balaban J connectivity index is 2.76. The normalized spacial score (nSPS) is 11.5. The van der Waals surface area contributed by atoms with Crippen molar-refractivity contribution in [1.29, 1.82) is 0 Å². The van der Waals surface area contributed by atoms with Gasteiger partial charge in [0.05, 0.1) is 5.69 Å². The Morgan fingerprint density at radius 1 is 1.71 bits per heavy atom. The van der Waals surface area contributed by atoms with E-state index in [0.717, 1.165) is 0 Å². The standard InChI is InChI=1S/C10H11N3O4/c1-2-3-8(10(14)15)12-7-4-5-9(11-6-7)13(16)17/h2,4-6,8,12H,1,3H2,(H,14,15). The molecule has 7 nitrogen and oxygen atoms in total. The van der Waals surface area contributed by atoms with Crippen LogP contribution in [-0.4, -0.2) is 27.0 Å². The Hall–Kier alpha value is -2.44. The molecule has 1 unspecified atom stereocenters. The fourth-order valence-corrected chi connectivity index (χ4v) is 1.17. The van der Waals surface area contributed by atoms with Gasteiger partial charge in [0.25, 0.3) is 0 Å². The fraction of sp³-hybridized carbons (Fsp3) is 0.200. The Labute approximate surface area is 96.9 Å². The Morgan fingerprint density at radius 2 is 2.41 bits per heavy atom. The van der Waals surface area contributed by atoms with Crippen LogP contribution in [0.15, 0.2) is 31.0 Å². The second kappa shape index (κ2) is 5.59. The zero-order valence-corrected chi connectivity index (χ0v) is 8.87. The number of rotatable bonds is 6. The zero-order chi connectivity index (χ0) is 12.8. The number of aromatic nitrogens is 1. The van der Waals surface area contributed by atoms with Gasteiger partial charge in [0.2, 0.25) is 0 Å². The van der Waals surface area contributed by atoms with E-state index in [9.17, 15) is 14.9 Å². The summed E-state index contributed by atoms with van der Waals surface area (Å²) in [5, 5.41) is 21.9. The molecule has 0 aliphatic carbocycles. The molecule has 0 bridgehead atoms. The van der Waals surface area contributed by atoms with E-state index in [1.807, 2.05) is 0 Å². The lowest BCUT2D eigenvalue weighted by Gasteiger charge is -2.12. The summed E-state index contributed by atoms with van der Waals surface area (Å²) in [5.41, 5.74) is 0.407. The van der Waals surface area contributed by atoms with Crippen molar-refractivity contribution in [3.05, 3.63) is 41.1 Å². The molecule has 0 saturated heterocycles. The molecule has 0 aliphatic heterocycles. The van der Waals surface area contributed by atoms with Gasteiger partial charge in [0.15, 0.2) is 6.20 Å². The molecule has 7 heteroatoms. The summed E-state index contributed by atoms with van der Waals surface area (Å²) in [6.07, 6.45) is 2.94. The number of hydrogen-bond donors (Lipinski definition) is 2. The minimum Gasteiger partial charge on any atom is -0.480 e. The number of nitrogens with one attached hydrogen (secondary N) is 1. The van der Waals surface area contributed by atoms with Crippen LogP contribution in [-0.2, 0) is 4.79 Å². The second-order valence-corrected chi connectivity index (χ2v) is 3.22. The molecule has 1 atom stereocenters. The lowest BCUT2D eigenvalue weighted by Crippen LogP contribution is -2.28. The van der Waals surface area contributed by atoms with Gasteiger partial charge < -0.3 is 20.5 Å². The molecule has 1 aromatic rings. The largest absolute Gasteiger partial charge is 0.480 e. The molecule has 1 rings (SSSR count). The number of pyridine rings is 1. The van der Waals surface area contributed by atoms with Gasteiger partial charge in [-0.05, 0) is 22.4 Å². The molecular weight excluding hydrogens is 226 g/mol. The quantitative estimate of drug-likeness (QED) is 0.440. The van der Waals surface area contributed by atoms with Gasteiger partial charge in [-0.2, -0.15) is 0 Å².